The third kappa shape index (κ3) is 2.17. The molecular formula is C16H25B. The Balaban J connectivity index is 2.60. The van der Waals surface area contributed by atoms with Crippen molar-refractivity contribution in [3.8, 4) is 0 Å². The van der Waals surface area contributed by atoms with Gasteiger partial charge in [-0.15, -0.1) is 0 Å². The molecule has 1 aromatic carbocycles. The van der Waals surface area contributed by atoms with Crippen LogP contribution < -0.4 is 5.46 Å². The first-order valence-electron chi connectivity index (χ1n) is 6.89. The number of benzene rings is 1. The summed E-state index contributed by atoms with van der Waals surface area (Å²) in [6, 6.07) is 7.17. The van der Waals surface area contributed by atoms with Crippen LogP contribution in [0.2, 0.25) is 13.6 Å². The maximum Gasteiger partial charge on any atom is 0.169 e. The smallest absolute Gasteiger partial charge is 0.0819 e. The Bertz CT molecular complexity index is 427. The molecule has 1 heteroatoms. The number of hydrogen-bond acceptors (Lipinski definition) is 0. The molecule has 1 aliphatic rings. The Morgan fingerprint density at radius 2 is 1.41 bits per heavy atom. The zero-order valence-corrected chi connectivity index (χ0v) is 12.2. The lowest BCUT2D eigenvalue weighted by atomic mass is 9.48. The topological polar surface area (TPSA) is 0 Å². The molecule has 0 nitrogen and oxygen atoms in total. The lowest BCUT2D eigenvalue weighted by molar-refractivity contribution is 0.332. The molecule has 17 heavy (non-hydrogen) atoms. The first kappa shape index (κ1) is 12.7. The third-order valence-corrected chi connectivity index (χ3v) is 4.54. The van der Waals surface area contributed by atoms with E-state index in [4.69, 9.17) is 0 Å². The Labute approximate surface area is 107 Å². The fraction of sp³-hybridized carbons (Fsp3) is 0.625. The van der Waals surface area contributed by atoms with Crippen molar-refractivity contribution in [2.45, 2.75) is 65.0 Å². The standard InChI is InChI=1S/C16H25B/c1-15(2)9-10-16(3,4)14-11-12(17(5)6)7-8-13(14)15/h7-8,11H,9-10H2,1-6H3. The van der Waals surface area contributed by atoms with Crippen molar-refractivity contribution < 1.29 is 0 Å². The second-order valence-electron chi connectivity index (χ2n) is 7.23. The van der Waals surface area contributed by atoms with Gasteiger partial charge in [0.15, 0.2) is 6.71 Å². The molecule has 0 radical (unpaired) electrons. The monoisotopic (exact) mass is 228 g/mol. The van der Waals surface area contributed by atoms with Crippen LogP contribution in [0.25, 0.3) is 0 Å². The Hall–Kier alpha value is -0.715. The summed E-state index contributed by atoms with van der Waals surface area (Å²) in [5.74, 6) is 0. The van der Waals surface area contributed by atoms with E-state index in [-0.39, 0.29) is 0 Å². The minimum absolute atomic E-state index is 0.343. The zero-order chi connectivity index (χ0) is 12.8. The Morgan fingerprint density at radius 3 is 1.94 bits per heavy atom. The van der Waals surface area contributed by atoms with Crippen molar-refractivity contribution in [1.29, 1.82) is 0 Å². The summed E-state index contributed by atoms with van der Waals surface area (Å²) in [6.45, 7) is 14.7. The molecule has 0 bridgehead atoms. The van der Waals surface area contributed by atoms with Gasteiger partial charge in [-0.05, 0) is 34.8 Å². The highest BCUT2D eigenvalue weighted by atomic mass is 14.4. The predicted molar refractivity (Wildman–Crippen MR) is 78.8 cm³/mol. The molecule has 92 valence electrons. The molecule has 0 saturated carbocycles. The van der Waals surface area contributed by atoms with Crippen LogP contribution in [0.3, 0.4) is 0 Å². The van der Waals surface area contributed by atoms with Gasteiger partial charge in [0.1, 0.15) is 0 Å². The average Bonchev–Trinajstić information content (AvgIpc) is 2.24. The van der Waals surface area contributed by atoms with E-state index in [2.05, 4.69) is 59.5 Å². The van der Waals surface area contributed by atoms with E-state index in [0.29, 0.717) is 17.5 Å². The molecule has 0 spiro atoms. The fourth-order valence-electron chi connectivity index (χ4n) is 2.97. The molecule has 1 aliphatic carbocycles. The Kier molecular flexibility index (Phi) is 2.92. The van der Waals surface area contributed by atoms with Gasteiger partial charge in [0, 0.05) is 0 Å². The summed E-state index contributed by atoms with van der Waals surface area (Å²) in [6.07, 6.45) is 2.60. The fourth-order valence-corrected chi connectivity index (χ4v) is 2.97. The van der Waals surface area contributed by atoms with Crippen molar-refractivity contribution in [2.75, 3.05) is 0 Å². The Morgan fingerprint density at radius 1 is 0.882 bits per heavy atom. The van der Waals surface area contributed by atoms with E-state index in [1.54, 1.807) is 11.1 Å². The molecule has 0 saturated heterocycles. The van der Waals surface area contributed by atoms with E-state index in [1.165, 1.54) is 18.3 Å². The highest BCUT2D eigenvalue weighted by molar-refractivity contribution is 6.70. The van der Waals surface area contributed by atoms with Crippen LogP contribution in [0.4, 0.5) is 0 Å². The van der Waals surface area contributed by atoms with E-state index in [1.807, 2.05) is 0 Å². The van der Waals surface area contributed by atoms with Gasteiger partial charge in [-0.3, -0.25) is 0 Å². The van der Waals surface area contributed by atoms with Crippen LogP contribution in [0.1, 0.15) is 51.7 Å². The van der Waals surface area contributed by atoms with Gasteiger partial charge in [-0.2, -0.15) is 0 Å². The molecule has 1 aromatic rings. The molecule has 0 amide bonds. The van der Waals surface area contributed by atoms with Gasteiger partial charge < -0.3 is 0 Å². The first-order valence-corrected chi connectivity index (χ1v) is 6.89. The van der Waals surface area contributed by atoms with E-state index in [0.717, 1.165) is 0 Å². The molecule has 0 aliphatic heterocycles. The average molecular weight is 228 g/mol. The lowest BCUT2D eigenvalue weighted by Crippen LogP contribution is -2.36. The maximum absolute atomic E-state index is 2.46. The van der Waals surface area contributed by atoms with Crippen LogP contribution in [-0.4, -0.2) is 6.71 Å². The van der Waals surface area contributed by atoms with Crippen molar-refractivity contribution in [2.24, 2.45) is 0 Å². The van der Waals surface area contributed by atoms with Crippen LogP contribution >= 0.6 is 0 Å². The van der Waals surface area contributed by atoms with Gasteiger partial charge in [-0.25, -0.2) is 0 Å². The summed E-state index contributed by atoms with van der Waals surface area (Å²) < 4.78 is 0. The predicted octanol–water partition coefficient (Wildman–Crippen LogP) is 4.00. The highest BCUT2D eigenvalue weighted by Gasteiger charge is 2.36. The number of fused-ring (bicyclic) bond motifs is 1. The molecule has 0 heterocycles. The minimum atomic E-state index is 0.343. The second kappa shape index (κ2) is 3.90. The molecular weight excluding hydrogens is 203 g/mol. The van der Waals surface area contributed by atoms with E-state index >= 15 is 0 Å². The first-order chi connectivity index (χ1) is 7.74. The highest BCUT2D eigenvalue weighted by Crippen LogP contribution is 2.45. The largest absolute Gasteiger partial charge is 0.169 e. The number of hydrogen-bond donors (Lipinski definition) is 0. The maximum atomic E-state index is 2.46. The van der Waals surface area contributed by atoms with Crippen molar-refractivity contribution in [3.05, 3.63) is 29.3 Å². The summed E-state index contributed by atoms with van der Waals surface area (Å²) in [5.41, 5.74) is 5.32. The summed E-state index contributed by atoms with van der Waals surface area (Å²) in [4.78, 5) is 0. The summed E-state index contributed by atoms with van der Waals surface area (Å²) >= 11 is 0. The van der Waals surface area contributed by atoms with Crippen LogP contribution in [0.5, 0.6) is 0 Å². The van der Waals surface area contributed by atoms with Crippen LogP contribution in [-0.2, 0) is 10.8 Å². The van der Waals surface area contributed by atoms with Crippen LogP contribution in [0.15, 0.2) is 18.2 Å². The number of rotatable bonds is 1. The van der Waals surface area contributed by atoms with Crippen molar-refractivity contribution >= 4 is 12.2 Å². The van der Waals surface area contributed by atoms with Crippen molar-refractivity contribution in [1.82, 2.24) is 0 Å². The van der Waals surface area contributed by atoms with E-state index in [9.17, 15) is 0 Å². The normalized spacial score (nSPS) is 20.8. The molecule has 0 fully saturated rings. The molecule has 0 unspecified atom stereocenters. The SMILES string of the molecule is CB(C)c1ccc2c(c1)C(C)(C)CCC2(C)C. The third-order valence-electron chi connectivity index (χ3n) is 4.54. The second-order valence-corrected chi connectivity index (χ2v) is 7.23. The quantitative estimate of drug-likeness (QED) is 0.637. The lowest BCUT2D eigenvalue weighted by Gasteiger charge is -2.42. The molecule has 0 N–H and O–H groups in total. The summed E-state index contributed by atoms with van der Waals surface area (Å²) in [5, 5.41) is 0. The molecule has 0 atom stereocenters. The molecule has 0 aromatic heterocycles. The molecule has 2 rings (SSSR count). The minimum Gasteiger partial charge on any atom is -0.0819 e. The van der Waals surface area contributed by atoms with Gasteiger partial charge in [-0.1, -0.05) is 65.0 Å². The van der Waals surface area contributed by atoms with Gasteiger partial charge in [0.2, 0.25) is 0 Å². The van der Waals surface area contributed by atoms with Gasteiger partial charge in [0.25, 0.3) is 0 Å². The zero-order valence-electron chi connectivity index (χ0n) is 12.2. The van der Waals surface area contributed by atoms with E-state index < -0.39 is 0 Å². The van der Waals surface area contributed by atoms with Gasteiger partial charge >= 0.3 is 0 Å². The summed E-state index contributed by atoms with van der Waals surface area (Å²) in [7, 11) is 0. The van der Waals surface area contributed by atoms with Gasteiger partial charge in [0.05, 0.1) is 0 Å². The van der Waals surface area contributed by atoms with Crippen LogP contribution in [0, 0.1) is 0 Å². The van der Waals surface area contributed by atoms with Crippen molar-refractivity contribution in [3.63, 3.8) is 0 Å².